The van der Waals surface area contributed by atoms with Crippen molar-refractivity contribution in [2.24, 2.45) is 5.73 Å². The van der Waals surface area contributed by atoms with E-state index in [0.29, 0.717) is 6.54 Å². The summed E-state index contributed by atoms with van der Waals surface area (Å²) in [5, 5.41) is -0.0792. The van der Waals surface area contributed by atoms with Crippen LogP contribution in [-0.2, 0) is 6.42 Å². The smallest absolute Gasteiger partial charge is 0.0540 e. The molecule has 2 unspecified atom stereocenters. The topological polar surface area (TPSA) is 26.0 Å². The molecule has 1 aromatic rings. The average Bonchev–Trinajstić information content (AvgIpc) is 2.19. The molecule has 0 aliphatic heterocycles. The fourth-order valence-electron chi connectivity index (χ4n) is 1.31. The third-order valence-electron chi connectivity index (χ3n) is 2.11. The van der Waals surface area contributed by atoms with Crippen LogP contribution < -0.4 is 5.73 Å². The molecule has 0 radical (unpaired) electrons. The van der Waals surface area contributed by atoms with Gasteiger partial charge in [-0.25, -0.2) is 0 Å². The largest absolute Gasteiger partial charge is 0.330 e. The first-order valence-corrected chi connectivity index (χ1v) is 5.63. The lowest BCUT2D eigenvalue weighted by Gasteiger charge is -2.14. The zero-order valence-electron chi connectivity index (χ0n) is 8.00. The predicted octanol–water partition coefficient (Wildman–Crippen LogP) is 2.79. The van der Waals surface area contributed by atoms with Crippen LogP contribution in [0.1, 0.15) is 12.0 Å². The molecule has 2 atom stereocenters. The number of hydrogen-bond acceptors (Lipinski definition) is 1. The Labute approximate surface area is 95.2 Å². The lowest BCUT2D eigenvalue weighted by Crippen LogP contribution is -2.21. The zero-order valence-corrected chi connectivity index (χ0v) is 9.51. The number of nitrogens with two attached hydrogens (primary N) is 1. The molecular weight excluding hydrogens is 217 g/mol. The summed E-state index contributed by atoms with van der Waals surface area (Å²) in [4.78, 5) is 0. The van der Waals surface area contributed by atoms with Crippen LogP contribution in [0.15, 0.2) is 30.3 Å². The lowest BCUT2D eigenvalue weighted by molar-refractivity contribution is 0.703. The molecule has 0 aromatic heterocycles. The summed E-state index contributed by atoms with van der Waals surface area (Å²) in [5.41, 5.74) is 6.64. The SMILES string of the molecule is NCCC(Cl)C(Cl)Cc1ccccc1. The van der Waals surface area contributed by atoms with Gasteiger partial charge in [0.1, 0.15) is 0 Å². The van der Waals surface area contributed by atoms with Crippen LogP contribution in [0.25, 0.3) is 0 Å². The monoisotopic (exact) mass is 231 g/mol. The maximum Gasteiger partial charge on any atom is 0.0540 e. The minimum atomic E-state index is -0.0399. The third kappa shape index (κ3) is 3.87. The van der Waals surface area contributed by atoms with Crippen LogP contribution in [0, 0.1) is 0 Å². The fourth-order valence-corrected chi connectivity index (χ4v) is 1.83. The van der Waals surface area contributed by atoms with Crippen LogP contribution in [0.3, 0.4) is 0 Å². The van der Waals surface area contributed by atoms with Crippen LogP contribution in [-0.4, -0.2) is 17.3 Å². The summed E-state index contributed by atoms with van der Waals surface area (Å²) in [7, 11) is 0. The molecule has 0 fully saturated rings. The summed E-state index contributed by atoms with van der Waals surface area (Å²) in [6.45, 7) is 0.589. The van der Waals surface area contributed by atoms with Gasteiger partial charge in [-0.3, -0.25) is 0 Å². The third-order valence-corrected chi connectivity index (χ3v) is 3.22. The average molecular weight is 232 g/mol. The van der Waals surface area contributed by atoms with E-state index in [1.165, 1.54) is 5.56 Å². The van der Waals surface area contributed by atoms with Crippen molar-refractivity contribution in [3.8, 4) is 0 Å². The van der Waals surface area contributed by atoms with Crippen LogP contribution in [0.5, 0.6) is 0 Å². The Morgan fingerprint density at radius 2 is 1.71 bits per heavy atom. The fraction of sp³-hybridized carbons (Fsp3) is 0.455. The number of hydrogen-bond donors (Lipinski definition) is 1. The van der Waals surface area contributed by atoms with Gasteiger partial charge in [0, 0.05) is 0 Å². The van der Waals surface area contributed by atoms with Gasteiger partial charge in [-0.1, -0.05) is 30.3 Å². The quantitative estimate of drug-likeness (QED) is 0.776. The number of benzene rings is 1. The van der Waals surface area contributed by atoms with E-state index >= 15 is 0 Å². The molecule has 0 saturated heterocycles. The van der Waals surface area contributed by atoms with Gasteiger partial charge >= 0.3 is 0 Å². The molecule has 0 aliphatic carbocycles. The van der Waals surface area contributed by atoms with E-state index in [-0.39, 0.29) is 10.8 Å². The van der Waals surface area contributed by atoms with E-state index in [9.17, 15) is 0 Å². The van der Waals surface area contributed by atoms with Crippen molar-refractivity contribution in [1.29, 1.82) is 0 Å². The highest BCUT2D eigenvalue weighted by molar-refractivity contribution is 6.30. The summed E-state index contributed by atoms with van der Waals surface area (Å²) in [6.07, 6.45) is 1.57. The van der Waals surface area contributed by atoms with Crippen molar-refractivity contribution in [3.05, 3.63) is 35.9 Å². The van der Waals surface area contributed by atoms with Gasteiger partial charge in [-0.05, 0) is 24.9 Å². The highest BCUT2D eigenvalue weighted by Crippen LogP contribution is 2.18. The van der Waals surface area contributed by atoms with Crippen molar-refractivity contribution in [2.75, 3.05) is 6.54 Å². The minimum absolute atomic E-state index is 0.0392. The predicted molar refractivity (Wildman–Crippen MR) is 63.1 cm³/mol. The normalized spacial score (nSPS) is 15.1. The first kappa shape index (κ1) is 11.8. The Hall–Kier alpha value is -0.240. The number of halogens is 2. The van der Waals surface area contributed by atoms with Gasteiger partial charge < -0.3 is 5.73 Å². The van der Waals surface area contributed by atoms with Crippen molar-refractivity contribution in [3.63, 3.8) is 0 Å². The van der Waals surface area contributed by atoms with Crippen molar-refractivity contribution in [2.45, 2.75) is 23.6 Å². The Balaban J connectivity index is 2.44. The van der Waals surface area contributed by atoms with Crippen LogP contribution in [0.4, 0.5) is 0 Å². The molecule has 0 saturated carbocycles. The molecule has 0 bridgehead atoms. The Kier molecular flexibility index (Phi) is 5.31. The Bertz CT molecular complexity index is 251. The number of alkyl halides is 2. The van der Waals surface area contributed by atoms with Gasteiger partial charge in [-0.2, -0.15) is 0 Å². The van der Waals surface area contributed by atoms with Crippen LogP contribution in [0.2, 0.25) is 0 Å². The molecule has 14 heavy (non-hydrogen) atoms. The molecule has 1 aromatic carbocycles. The molecule has 2 N–H and O–H groups in total. The lowest BCUT2D eigenvalue weighted by atomic mass is 10.1. The molecule has 0 aliphatic rings. The van der Waals surface area contributed by atoms with E-state index < -0.39 is 0 Å². The summed E-state index contributed by atoms with van der Waals surface area (Å²) >= 11 is 12.2. The molecule has 1 nitrogen and oxygen atoms in total. The maximum atomic E-state index is 6.16. The molecule has 0 heterocycles. The second-order valence-electron chi connectivity index (χ2n) is 3.30. The summed E-state index contributed by atoms with van der Waals surface area (Å²) < 4.78 is 0. The second kappa shape index (κ2) is 6.28. The van der Waals surface area contributed by atoms with E-state index in [1.807, 2.05) is 18.2 Å². The molecule has 3 heteroatoms. The summed E-state index contributed by atoms with van der Waals surface area (Å²) in [5.74, 6) is 0. The molecular formula is C11H15Cl2N. The van der Waals surface area contributed by atoms with Gasteiger partial charge in [0.2, 0.25) is 0 Å². The molecule has 78 valence electrons. The van der Waals surface area contributed by atoms with E-state index in [0.717, 1.165) is 12.8 Å². The standard InChI is InChI=1S/C11H15Cl2N/c12-10(6-7-14)11(13)8-9-4-2-1-3-5-9/h1-5,10-11H,6-8,14H2. The highest BCUT2D eigenvalue weighted by Gasteiger charge is 2.15. The van der Waals surface area contributed by atoms with E-state index in [1.54, 1.807) is 0 Å². The van der Waals surface area contributed by atoms with E-state index in [4.69, 9.17) is 28.9 Å². The van der Waals surface area contributed by atoms with Crippen molar-refractivity contribution >= 4 is 23.2 Å². The van der Waals surface area contributed by atoms with Gasteiger partial charge in [0.15, 0.2) is 0 Å². The van der Waals surface area contributed by atoms with Gasteiger partial charge in [-0.15, -0.1) is 23.2 Å². The first-order valence-electron chi connectivity index (χ1n) is 4.76. The zero-order chi connectivity index (χ0) is 10.4. The molecule has 1 rings (SSSR count). The summed E-state index contributed by atoms with van der Waals surface area (Å²) in [6, 6.07) is 10.1. The first-order chi connectivity index (χ1) is 6.74. The Morgan fingerprint density at radius 1 is 1.07 bits per heavy atom. The van der Waals surface area contributed by atoms with Crippen LogP contribution >= 0.6 is 23.2 Å². The van der Waals surface area contributed by atoms with Crippen molar-refractivity contribution in [1.82, 2.24) is 0 Å². The minimum Gasteiger partial charge on any atom is -0.330 e. The van der Waals surface area contributed by atoms with Gasteiger partial charge in [0.05, 0.1) is 10.8 Å². The molecule has 0 spiro atoms. The number of rotatable bonds is 5. The highest BCUT2D eigenvalue weighted by atomic mass is 35.5. The van der Waals surface area contributed by atoms with Crippen molar-refractivity contribution < 1.29 is 0 Å². The van der Waals surface area contributed by atoms with Gasteiger partial charge in [0.25, 0.3) is 0 Å². The second-order valence-corrected chi connectivity index (χ2v) is 4.42. The molecule has 0 amide bonds. The Morgan fingerprint density at radius 3 is 2.29 bits per heavy atom. The maximum absolute atomic E-state index is 6.16. The van der Waals surface area contributed by atoms with E-state index in [2.05, 4.69) is 12.1 Å².